The van der Waals surface area contributed by atoms with Crippen molar-refractivity contribution in [2.24, 2.45) is 28.7 Å². The lowest BCUT2D eigenvalue weighted by atomic mass is 10.0. The van der Waals surface area contributed by atoms with Crippen LogP contribution in [0.3, 0.4) is 0 Å². The Labute approximate surface area is 688 Å². The Morgan fingerprint density at radius 3 is 0.807 bits per heavy atom. The maximum absolute atomic E-state index is 14.3. The van der Waals surface area contributed by atoms with Crippen molar-refractivity contribution in [1.29, 1.82) is 0 Å². The summed E-state index contributed by atoms with van der Waals surface area (Å²) in [6.07, 6.45) is 0.807. The molecule has 46 heteroatoms. The summed E-state index contributed by atoms with van der Waals surface area (Å²) in [5, 5.41) is 91.4. The van der Waals surface area contributed by atoms with Crippen LogP contribution in [0.15, 0.2) is 0 Å². The van der Waals surface area contributed by atoms with E-state index in [2.05, 4.69) is 69.1 Å². The fraction of sp³-hybridized carbons (Fsp3) is 0.740. The summed E-state index contributed by atoms with van der Waals surface area (Å²) in [5.41, 5.74) is 28.5. The van der Waals surface area contributed by atoms with Crippen molar-refractivity contribution in [3.8, 4) is 0 Å². The number of aliphatic hydroxyl groups is 3. The largest absolute Gasteiger partial charge is 0.481 e. The Bertz CT molecular complexity index is 3490. The molecule has 0 aromatic rings. The number of carboxylic acid groups (broad SMARTS) is 3. The van der Waals surface area contributed by atoms with Gasteiger partial charge in [-0.05, 0) is 189 Å². The minimum absolute atomic E-state index is 0.00617. The molecule has 0 saturated carbocycles. The summed E-state index contributed by atoms with van der Waals surface area (Å²) >= 11 is 0. The number of nitrogens with two attached hydrogens (primary N) is 5. The maximum Gasteiger partial charge on any atom is 0.325 e. The molecule has 3 rings (SSSR count). The summed E-state index contributed by atoms with van der Waals surface area (Å²) in [7, 11) is 0. The molecule has 3 fully saturated rings. The van der Waals surface area contributed by atoms with Gasteiger partial charge in [-0.1, -0.05) is 0 Å². The molecule has 3 saturated heterocycles. The second kappa shape index (κ2) is 53.2. The minimum atomic E-state index is -1.76. The number of aliphatic hydroxyl groups excluding tert-OH is 3. The van der Waals surface area contributed by atoms with Gasteiger partial charge in [0, 0.05) is 32.5 Å². The van der Waals surface area contributed by atoms with E-state index in [1.165, 1.54) is 34.6 Å². The van der Waals surface area contributed by atoms with Gasteiger partial charge in [0.15, 0.2) is 0 Å². The number of nitrogens with zero attached hydrogens (tertiary/aromatic N) is 3. The number of carbonyl (C=O) groups excluding carboxylic acids is 16. The van der Waals surface area contributed by atoms with Gasteiger partial charge in [-0.25, -0.2) is 0 Å². The van der Waals surface area contributed by atoms with Crippen LogP contribution in [-0.4, -0.2) is 326 Å². The van der Waals surface area contributed by atoms with Gasteiger partial charge in [0.1, 0.15) is 96.7 Å². The van der Waals surface area contributed by atoms with E-state index in [-0.39, 0.29) is 123 Å². The molecule has 0 spiro atoms. The molecule has 29 N–H and O–H groups in total. The van der Waals surface area contributed by atoms with Crippen LogP contribution in [0.4, 0.5) is 0 Å². The summed E-state index contributed by atoms with van der Waals surface area (Å²) in [5.74, 6) is -19.1. The molecule has 0 unspecified atom stereocenters. The quantitative estimate of drug-likeness (QED) is 0.0251. The molecule has 46 nitrogen and oxygen atoms in total. The SMILES string of the molecule is C[C@H](N)C(=O)N[C@@H](CCCCN)C(=O)N[C@@H](CO)C(=O)N1CCC[C@H]1C(=O)N[C@@H](CCC(=O)O)C(=O)N[C@@H](CCCCN)C(=O)N[C@@H](C)C(=O)N[C@@H](CCCCN)C(=O)N[C@@H](CO)C(=O)N1CCC[C@H]1C(=O)N[C@@H](C)C(=O)N[C@@H](CCC(=O)O)C(=O)N[C@@H](C)C(=O)N[C@@H](CCCCN)C(=O)N[C@@H](CO)C(=O)N1CCC[C@H]1C(=O)N[C@@H](C)C(=O)O. The molecule has 672 valence electrons. The molecule has 3 aliphatic heterocycles. The van der Waals surface area contributed by atoms with Crippen molar-refractivity contribution in [2.75, 3.05) is 65.6 Å². The molecular weight excluding hydrogens is 1570 g/mol. The number of unbranched alkanes of at least 4 members (excludes halogenated alkanes) is 4. The van der Waals surface area contributed by atoms with Gasteiger partial charge in [0.05, 0.1) is 25.9 Å². The highest BCUT2D eigenvalue weighted by molar-refractivity contribution is 6.01. The number of carboxylic acids is 3. The first-order valence-corrected chi connectivity index (χ1v) is 40.3. The molecule has 0 aromatic carbocycles. The van der Waals surface area contributed by atoms with Gasteiger partial charge < -0.3 is 143 Å². The van der Waals surface area contributed by atoms with Crippen LogP contribution in [-0.2, 0) is 91.1 Å². The maximum atomic E-state index is 14.3. The predicted octanol–water partition coefficient (Wildman–Crippen LogP) is -10.0. The number of hydrogen-bond donors (Lipinski definition) is 24. The first-order chi connectivity index (χ1) is 56.3. The smallest absolute Gasteiger partial charge is 0.325 e. The molecule has 3 aliphatic rings. The normalized spacial score (nSPS) is 18.6. The average Bonchev–Trinajstić information content (AvgIpc) is 1.73. The fourth-order valence-electron chi connectivity index (χ4n) is 13.2. The zero-order valence-corrected chi connectivity index (χ0v) is 68.1. The summed E-state index contributed by atoms with van der Waals surface area (Å²) in [6, 6.07) is -24.5. The number of rotatable bonds is 55. The molecule has 0 aromatic heterocycles. The third kappa shape index (κ3) is 34.1. The number of likely N-dealkylation sites (tertiary alicyclic amines) is 3. The Kier molecular flexibility index (Phi) is 46.0. The zero-order valence-electron chi connectivity index (χ0n) is 68.1. The third-order valence-corrected chi connectivity index (χ3v) is 20.2. The molecule has 0 aliphatic carbocycles. The van der Waals surface area contributed by atoms with Crippen molar-refractivity contribution < 1.29 is 122 Å². The van der Waals surface area contributed by atoms with Crippen molar-refractivity contribution in [3.63, 3.8) is 0 Å². The van der Waals surface area contributed by atoms with Crippen LogP contribution in [0.5, 0.6) is 0 Å². The number of nitrogens with one attached hydrogen (secondary N) is 13. The first-order valence-electron chi connectivity index (χ1n) is 40.3. The topological polar surface area (TPSA) is 742 Å². The van der Waals surface area contributed by atoms with E-state index < -0.39 is 261 Å². The highest BCUT2D eigenvalue weighted by atomic mass is 16.4. The number of carbonyl (C=O) groups is 19. The van der Waals surface area contributed by atoms with Crippen LogP contribution in [0.25, 0.3) is 0 Å². The van der Waals surface area contributed by atoms with E-state index in [0.29, 0.717) is 38.5 Å². The second-order valence-electron chi connectivity index (χ2n) is 29.7. The van der Waals surface area contributed by atoms with Crippen LogP contribution < -0.4 is 97.8 Å². The van der Waals surface area contributed by atoms with E-state index in [1.807, 2.05) is 0 Å². The van der Waals surface area contributed by atoms with Gasteiger partial charge in [0.25, 0.3) is 0 Å². The minimum Gasteiger partial charge on any atom is -0.481 e. The van der Waals surface area contributed by atoms with E-state index in [4.69, 9.17) is 28.7 Å². The predicted molar refractivity (Wildman–Crippen MR) is 420 cm³/mol. The highest BCUT2D eigenvalue weighted by Crippen LogP contribution is 2.23. The second-order valence-corrected chi connectivity index (χ2v) is 29.7. The third-order valence-electron chi connectivity index (χ3n) is 20.2. The molecule has 16 amide bonds. The fourth-order valence-corrected chi connectivity index (χ4v) is 13.2. The van der Waals surface area contributed by atoms with E-state index in [0.717, 1.165) is 14.7 Å². The molecule has 0 bridgehead atoms. The number of aliphatic carboxylic acids is 3. The molecule has 119 heavy (non-hydrogen) atoms. The van der Waals surface area contributed by atoms with Crippen molar-refractivity contribution in [3.05, 3.63) is 0 Å². The Hall–Kier alpha value is -10.4. The van der Waals surface area contributed by atoms with Crippen molar-refractivity contribution in [2.45, 2.75) is 279 Å². The highest BCUT2D eigenvalue weighted by Gasteiger charge is 2.44. The lowest BCUT2D eigenvalue weighted by Crippen LogP contribution is -2.61. The van der Waals surface area contributed by atoms with E-state index in [9.17, 15) is 122 Å². The lowest BCUT2D eigenvalue weighted by Gasteiger charge is -2.30. The molecule has 0 radical (unpaired) electrons. The summed E-state index contributed by atoms with van der Waals surface area (Å²) in [6.45, 7) is 3.91. The van der Waals surface area contributed by atoms with E-state index >= 15 is 0 Å². The lowest BCUT2D eigenvalue weighted by molar-refractivity contribution is -0.145. The Morgan fingerprint density at radius 1 is 0.303 bits per heavy atom. The van der Waals surface area contributed by atoms with Crippen LogP contribution in [0, 0.1) is 0 Å². The standard InChI is InChI=1S/C73H125N21O25/c1-38(78)57(102)83-44(18-7-11-29-75)63(108)89-51(37-97)72(117)94-34-16-23-54(94)69(114)88-48(25-27-56(100)101)66(111)87-43(17-6-10-28-74)61(106)79-39(2)58(103)84-45(19-8-12-30-76)64(109)90-49(35-95)70(115)92-32-14-21-52(92)67(112)81-41(4)60(105)86-47(24-26-55(98)99)62(107)80-40(3)59(104)85-46(20-9-13-31-77)65(110)91-50(36-96)71(116)93-33-15-22-53(93)68(113)82-42(5)73(118)119/h38-54,95-97H,6-37,74-78H2,1-5H3,(H,79,106)(H,80,107)(H,81,112)(H,82,113)(H,83,102)(H,84,103)(H,85,104)(H,86,105)(H,87,111)(H,88,114)(H,89,108)(H,90,109)(H,91,110)(H,98,99)(H,100,101)(H,118,119)/t38-,39-,40-,41-,42-,43-,44-,45-,46-,47-,48-,49-,50-,51-,52-,53-,54-/m0/s1. The molecule has 17 atom stereocenters. The van der Waals surface area contributed by atoms with Gasteiger partial charge in [-0.15, -0.1) is 0 Å². The zero-order chi connectivity index (χ0) is 89.3. The molecular formula is C73H125N21O25. The van der Waals surface area contributed by atoms with Gasteiger partial charge in [-0.3, -0.25) is 91.1 Å². The first kappa shape index (κ1) is 103. The van der Waals surface area contributed by atoms with E-state index in [1.54, 1.807) is 0 Å². The van der Waals surface area contributed by atoms with Crippen LogP contribution in [0.1, 0.15) is 176 Å². The van der Waals surface area contributed by atoms with Crippen molar-refractivity contribution >= 4 is 112 Å². The Balaban J connectivity index is 1.74. The van der Waals surface area contributed by atoms with Crippen LogP contribution in [0.2, 0.25) is 0 Å². The van der Waals surface area contributed by atoms with Gasteiger partial charge >= 0.3 is 17.9 Å². The number of hydrogen-bond acceptors (Lipinski definition) is 27. The average molecular weight is 1700 g/mol. The van der Waals surface area contributed by atoms with Crippen molar-refractivity contribution in [1.82, 2.24) is 83.8 Å². The molecule has 3 heterocycles. The van der Waals surface area contributed by atoms with Crippen LogP contribution >= 0.6 is 0 Å². The monoisotopic (exact) mass is 1700 g/mol. The summed E-state index contributed by atoms with van der Waals surface area (Å²) < 4.78 is 0. The van der Waals surface area contributed by atoms with Gasteiger partial charge in [-0.2, -0.15) is 0 Å². The Morgan fingerprint density at radius 2 is 0.538 bits per heavy atom. The number of amides is 16. The summed E-state index contributed by atoms with van der Waals surface area (Å²) in [4.78, 5) is 259. The van der Waals surface area contributed by atoms with Gasteiger partial charge in [0.2, 0.25) is 94.5 Å².